The van der Waals surface area contributed by atoms with Crippen molar-refractivity contribution >= 4 is 26.8 Å². The van der Waals surface area contributed by atoms with E-state index in [0.717, 1.165) is 11.2 Å². The van der Waals surface area contributed by atoms with E-state index < -0.39 is 12.8 Å². The number of nitrogens with zero attached hydrogens (tertiary/aromatic N) is 4. The highest BCUT2D eigenvalue weighted by Gasteiger charge is 2.26. The summed E-state index contributed by atoms with van der Waals surface area (Å²) >= 11 is 1.36. The zero-order valence-corrected chi connectivity index (χ0v) is 17.3. The Balaban J connectivity index is 1.58. The molecule has 0 saturated carbocycles. The molecule has 1 fully saturated rings. The van der Waals surface area contributed by atoms with E-state index in [9.17, 15) is 18.3 Å². The number of hydrogen-bond donors (Lipinski definition) is 2. The van der Waals surface area contributed by atoms with Crippen LogP contribution >= 0.6 is 11.3 Å². The fourth-order valence-corrected chi connectivity index (χ4v) is 4.68. The van der Waals surface area contributed by atoms with Gasteiger partial charge in [-0.25, -0.2) is 9.07 Å². The summed E-state index contributed by atoms with van der Waals surface area (Å²) in [5.74, 6) is -0.0874. The van der Waals surface area contributed by atoms with Crippen molar-refractivity contribution < 1.29 is 23.0 Å². The lowest BCUT2D eigenvalue weighted by Crippen LogP contribution is -2.45. The second-order valence-corrected chi connectivity index (χ2v) is 8.57. The Hall–Kier alpha value is -2.37. The number of likely N-dealkylation sites (tertiary alicyclic amines) is 1. The van der Waals surface area contributed by atoms with Crippen LogP contribution in [0.25, 0.3) is 16.0 Å². The number of fused-ring (bicyclic) bond motifs is 1. The van der Waals surface area contributed by atoms with Gasteiger partial charge in [0.05, 0.1) is 17.5 Å². The monoisotopic (exact) mass is 441 g/mol. The van der Waals surface area contributed by atoms with E-state index in [1.807, 2.05) is 11.9 Å². The van der Waals surface area contributed by atoms with Crippen LogP contribution in [0.2, 0.25) is 0 Å². The van der Waals surface area contributed by atoms with Gasteiger partial charge in [0.2, 0.25) is 0 Å². The normalized spacial score (nSPS) is 20.3. The van der Waals surface area contributed by atoms with Crippen molar-refractivity contribution in [1.82, 2.24) is 19.7 Å². The number of aryl methyl sites for hydroxylation is 1. The first-order valence-corrected chi connectivity index (χ1v) is 10.3. The van der Waals surface area contributed by atoms with Gasteiger partial charge in [-0.05, 0) is 25.6 Å². The molecule has 0 aliphatic carbocycles. The fraction of sp³-hybridized carbons (Fsp3) is 0.474. The summed E-state index contributed by atoms with van der Waals surface area (Å²) in [5, 5.41) is 18.7. The minimum absolute atomic E-state index is 0.0413. The summed E-state index contributed by atoms with van der Waals surface area (Å²) in [4.78, 5) is 6.39. The number of anilines is 1. The largest absolute Gasteiger partial charge is 0.506 e. The molecule has 3 aromatic rings. The van der Waals surface area contributed by atoms with Crippen molar-refractivity contribution in [3.8, 4) is 11.4 Å². The summed E-state index contributed by atoms with van der Waals surface area (Å²) in [5.41, 5.74) is 1.83. The topological polar surface area (TPSA) is 75.4 Å². The predicted molar refractivity (Wildman–Crippen MR) is 108 cm³/mol. The molecular formula is C19H22F3N5O2S. The molecule has 1 aliphatic rings. The Labute approximate surface area is 175 Å². The third-order valence-corrected chi connectivity index (χ3v) is 5.80. The SMILES string of the molecule is Cc1cc(O)c(-n2cc3sc(NC4C[C@@H](F)CN(C)C4)nc3n2)c(COC(F)F)c1. The number of nitrogens with one attached hydrogen (secondary N) is 1. The van der Waals surface area contributed by atoms with Gasteiger partial charge >= 0.3 is 6.61 Å². The number of benzene rings is 1. The second-order valence-electron chi connectivity index (χ2n) is 7.54. The Morgan fingerprint density at radius 2 is 2.17 bits per heavy atom. The van der Waals surface area contributed by atoms with Crippen LogP contribution in [0, 0.1) is 6.92 Å². The van der Waals surface area contributed by atoms with Crippen LogP contribution in [-0.4, -0.2) is 63.7 Å². The predicted octanol–water partition coefficient (Wildman–Crippen LogP) is 3.69. The summed E-state index contributed by atoms with van der Waals surface area (Å²) in [6.07, 6.45) is 1.23. The molecule has 1 unspecified atom stereocenters. The van der Waals surface area contributed by atoms with E-state index in [4.69, 9.17) is 0 Å². The van der Waals surface area contributed by atoms with Gasteiger partial charge in [-0.15, -0.1) is 5.10 Å². The Kier molecular flexibility index (Phi) is 5.85. The molecule has 30 heavy (non-hydrogen) atoms. The minimum Gasteiger partial charge on any atom is -0.506 e. The van der Waals surface area contributed by atoms with Crippen LogP contribution < -0.4 is 5.32 Å². The fourth-order valence-electron chi connectivity index (χ4n) is 3.78. The lowest BCUT2D eigenvalue weighted by atomic mass is 10.1. The van der Waals surface area contributed by atoms with E-state index in [0.29, 0.717) is 34.9 Å². The average Bonchev–Trinajstić information content (AvgIpc) is 3.16. The van der Waals surface area contributed by atoms with Gasteiger partial charge in [0.25, 0.3) is 0 Å². The molecule has 2 atom stereocenters. The molecule has 11 heteroatoms. The number of ether oxygens (including phenoxy) is 1. The Morgan fingerprint density at radius 3 is 2.87 bits per heavy atom. The van der Waals surface area contributed by atoms with Crippen molar-refractivity contribution in [1.29, 1.82) is 0 Å². The number of alkyl halides is 3. The van der Waals surface area contributed by atoms with Gasteiger partial charge in [0.15, 0.2) is 10.8 Å². The number of rotatable bonds is 6. The van der Waals surface area contributed by atoms with E-state index in [1.54, 1.807) is 19.2 Å². The molecule has 2 N–H and O–H groups in total. The number of aromatic nitrogens is 3. The van der Waals surface area contributed by atoms with Gasteiger partial charge in [-0.3, -0.25) is 0 Å². The van der Waals surface area contributed by atoms with Gasteiger partial charge in [-0.2, -0.15) is 13.8 Å². The van der Waals surface area contributed by atoms with Gasteiger partial charge in [0.1, 0.15) is 17.6 Å². The number of aromatic hydroxyl groups is 1. The Morgan fingerprint density at radius 1 is 1.37 bits per heavy atom. The Bertz CT molecular complexity index is 999. The first-order chi connectivity index (χ1) is 14.3. The summed E-state index contributed by atoms with van der Waals surface area (Å²) in [6.45, 7) is -0.374. The molecular weight excluding hydrogens is 419 g/mol. The molecule has 2 aromatic heterocycles. The maximum absolute atomic E-state index is 13.8. The lowest BCUT2D eigenvalue weighted by molar-refractivity contribution is -0.137. The number of phenols is 1. The molecule has 4 rings (SSSR count). The number of likely N-dealkylation sites (N-methyl/N-ethyl adjacent to an activating group) is 1. The number of thiazole rings is 1. The van der Waals surface area contributed by atoms with Crippen LogP contribution in [0.3, 0.4) is 0 Å². The van der Waals surface area contributed by atoms with Crippen molar-refractivity contribution in [2.75, 3.05) is 25.5 Å². The molecule has 162 valence electrons. The molecule has 7 nitrogen and oxygen atoms in total. The highest BCUT2D eigenvalue weighted by Crippen LogP contribution is 2.32. The van der Waals surface area contributed by atoms with Crippen molar-refractivity contribution in [2.45, 2.75) is 38.8 Å². The maximum atomic E-state index is 13.8. The number of halogens is 3. The second kappa shape index (κ2) is 8.40. The van der Waals surface area contributed by atoms with E-state index in [1.165, 1.54) is 22.1 Å². The summed E-state index contributed by atoms with van der Waals surface area (Å²) < 4.78 is 45.4. The molecule has 0 amide bonds. The molecule has 1 saturated heterocycles. The van der Waals surface area contributed by atoms with Crippen molar-refractivity contribution in [2.24, 2.45) is 0 Å². The van der Waals surface area contributed by atoms with Gasteiger partial charge in [-0.1, -0.05) is 17.4 Å². The van der Waals surface area contributed by atoms with Crippen LogP contribution in [0.4, 0.5) is 18.3 Å². The summed E-state index contributed by atoms with van der Waals surface area (Å²) in [7, 11) is 1.88. The molecule has 3 heterocycles. The number of phenolic OH excluding ortho intramolecular Hbond substituents is 1. The molecule has 0 spiro atoms. The molecule has 1 aromatic carbocycles. The number of piperidine rings is 1. The van der Waals surface area contributed by atoms with Gasteiger partial charge in [0, 0.05) is 31.1 Å². The summed E-state index contributed by atoms with van der Waals surface area (Å²) in [6, 6.07) is 3.16. The van der Waals surface area contributed by atoms with Crippen molar-refractivity contribution in [3.05, 3.63) is 29.5 Å². The van der Waals surface area contributed by atoms with Crippen LogP contribution in [0.15, 0.2) is 18.3 Å². The standard InChI is InChI=1S/C19H22F3N5O2S/c1-10-3-11(9-29-18(21)22)16(14(28)4-10)27-8-15-17(25-27)24-19(30-15)23-13-5-12(20)6-26(2)7-13/h3-4,8,12-13,18,28H,5-7,9H2,1-2H3,(H,23,24,25)/t12-,13?/m1/s1. The zero-order valence-electron chi connectivity index (χ0n) is 16.5. The first-order valence-electron chi connectivity index (χ1n) is 9.46. The third-order valence-electron chi connectivity index (χ3n) is 4.89. The quantitative estimate of drug-likeness (QED) is 0.608. The lowest BCUT2D eigenvalue weighted by Gasteiger charge is -2.32. The first kappa shape index (κ1) is 20.9. The molecule has 0 radical (unpaired) electrons. The van der Waals surface area contributed by atoms with Gasteiger partial charge < -0.3 is 20.1 Å². The van der Waals surface area contributed by atoms with E-state index in [-0.39, 0.29) is 24.1 Å². The highest BCUT2D eigenvalue weighted by atomic mass is 32.1. The van der Waals surface area contributed by atoms with Crippen molar-refractivity contribution in [3.63, 3.8) is 0 Å². The van der Waals surface area contributed by atoms with Crippen LogP contribution in [0.1, 0.15) is 17.5 Å². The zero-order chi connectivity index (χ0) is 21.4. The van der Waals surface area contributed by atoms with E-state index in [2.05, 4.69) is 20.1 Å². The smallest absolute Gasteiger partial charge is 0.345 e. The van der Waals surface area contributed by atoms with Crippen LogP contribution in [-0.2, 0) is 11.3 Å². The average molecular weight is 441 g/mol. The molecule has 1 aliphatic heterocycles. The van der Waals surface area contributed by atoms with E-state index >= 15 is 0 Å². The minimum atomic E-state index is -2.92. The maximum Gasteiger partial charge on any atom is 0.345 e. The van der Waals surface area contributed by atoms with Crippen LogP contribution in [0.5, 0.6) is 5.75 Å². The third kappa shape index (κ3) is 4.52. The molecule has 0 bridgehead atoms. The highest BCUT2D eigenvalue weighted by molar-refractivity contribution is 7.22. The number of hydrogen-bond acceptors (Lipinski definition) is 7.